The highest BCUT2D eigenvalue weighted by Gasteiger charge is 2.55. The van der Waals surface area contributed by atoms with E-state index in [1.165, 1.54) is 54.4 Å². The maximum Gasteiger partial charge on any atom is 0.368 e. The van der Waals surface area contributed by atoms with Gasteiger partial charge in [-0.1, -0.05) is 46.4 Å². The van der Waals surface area contributed by atoms with Crippen LogP contribution in [0, 0.1) is 0 Å². The van der Waals surface area contributed by atoms with E-state index < -0.39 is 29.7 Å². The Morgan fingerprint density at radius 3 is 2.08 bits per heavy atom. The van der Waals surface area contributed by atoms with Crippen LogP contribution in [0.4, 0.5) is 5.69 Å². The van der Waals surface area contributed by atoms with Crippen molar-refractivity contribution < 1.29 is 33.7 Å². The largest absolute Gasteiger partial charge is 0.477 e. The number of carbonyl (C=O) groups excluding carboxylic acids is 2. The average molecular weight is 592 g/mol. The van der Waals surface area contributed by atoms with Crippen LogP contribution >= 0.6 is 46.4 Å². The Morgan fingerprint density at radius 2 is 1.54 bits per heavy atom. The Kier molecular flexibility index (Phi) is 9.07. The maximum atomic E-state index is 13.3. The monoisotopic (exact) mass is 590 g/mol. The van der Waals surface area contributed by atoms with Crippen molar-refractivity contribution in [2.75, 3.05) is 18.2 Å². The topological polar surface area (TPSA) is 106 Å². The summed E-state index contributed by atoms with van der Waals surface area (Å²) in [5.41, 5.74) is -1.92. The fourth-order valence-electron chi connectivity index (χ4n) is 3.65. The van der Waals surface area contributed by atoms with E-state index in [2.05, 4.69) is 0 Å². The number of carbonyl (C=O) groups is 3. The Bertz CT molecular complexity index is 1260. The molecule has 0 radical (unpaired) electrons. The molecule has 1 aliphatic rings. The average Bonchev–Trinajstić information content (AvgIpc) is 3.13. The minimum absolute atomic E-state index is 0.0123. The summed E-state index contributed by atoms with van der Waals surface area (Å²) in [6.45, 7) is 4.61. The summed E-state index contributed by atoms with van der Waals surface area (Å²) < 4.78 is 16.2. The molecule has 0 saturated carbocycles. The summed E-state index contributed by atoms with van der Waals surface area (Å²) >= 11 is 24.7. The lowest BCUT2D eigenvalue weighted by Gasteiger charge is -2.43. The van der Waals surface area contributed by atoms with E-state index in [1.54, 1.807) is 13.8 Å². The SMILES string of the molecule is CCOC(=O)C1=CC(C)(C(=O)OCC)N(c2ccc(Cl)cc2Cl)N1C(Oc1ccc(Cl)cc1Cl)C(=O)O. The Hall–Kier alpha value is -2.85. The standard InChI is InChI=1S/C24H22Cl4N2O7/c1-4-35-22(33)18-12-24(3,23(34)36-5-2)30(17-8-6-13(25)10-15(17)27)29(18)20(21(31)32)37-19-9-7-14(26)11-16(19)28/h6-12,20H,4-5H2,1-3H3,(H,31,32). The second kappa shape index (κ2) is 11.7. The summed E-state index contributed by atoms with van der Waals surface area (Å²) in [6, 6.07) is 8.53. The number of hydrogen-bond donors (Lipinski definition) is 1. The van der Waals surface area contributed by atoms with E-state index in [0.717, 1.165) is 5.01 Å². The van der Waals surface area contributed by atoms with Gasteiger partial charge in [0.15, 0.2) is 5.54 Å². The molecule has 9 nitrogen and oxygen atoms in total. The molecule has 0 fully saturated rings. The second-order valence-electron chi connectivity index (χ2n) is 7.75. The number of halogens is 4. The third kappa shape index (κ3) is 5.85. The zero-order chi connectivity index (χ0) is 27.5. The Balaban J connectivity index is 2.27. The predicted octanol–water partition coefficient (Wildman–Crippen LogP) is 5.60. The third-order valence-electron chi connectivity index (χ3n) is 5.20. The minimum atomic E-state index is -1.93. The number of esters is 2. The van der Waals surface area contributed by atoms with Crippen LogP contribution < -0.4 is 9.75 Å². The highest BCUT2D eigenvalue weighted by Crippen LogP contribution is 2.43. The quantitative estimate of drug-likeness (QED) is 0.373. The van der Waals surface area contributed by atoms with Crippen LogP contribution in [0.1, 0.15) is 20.8 Å². The van der Waals surface area contributed by atoms with Crippen molar-refractivity contribution in [3.8, 4) is 5.75 Å². The molecule has 2 atom stereocenters. The summed E-state index contributed by atoms with van der Waals surface area (Å²) in [5.74, 6) is -3.28. The number of ether oxygens (including phenoxy) is 3. The molecule has 0 saturated heterocycles. The lowest BCUT2D eigenvalue weighted by atomic mass is 10.0. The molecule has 0 amide bonds. The molecule has 2 aromatic carbocycles. The first-order valence-electron chi connectivity index (χ1n) is 10.9. The molecule has 1 aliphatic heterocycles. The number of aliphatic carboxylic acids is 1. The van der Waals surface area contributed by atoms with Gasteiger partial charge in [0.25, 0.3) is 6.23 Å². The molecule has 2 aromatic rings. The number of carboxylic acids is 1. The lowest BCUT2D eigenvalue weighted by Crippen LogP contribution is -2.60. The van der Waals surface area contributed by atoms with Crippen molar-refractivity contribution in [2.45, 2.75) is 32.5 Å². The van der Waals surface area contributed by atoms with E-state index in [0.29, 0.717) is 5.02 Å². The molecule has 0 aliphatic carbocycles. The van der Waals surface area contributed by atoms with Crippen molar-refractivity contribution in [1.82, 2.24) is 5.01 Å². The molecule has 1 N–H and O–H groups in total. The van der Waals surface area contributed by atoms with Crippen LogP contribution in [0.5, 0.6) is 5.75 Å². The molecule has 0 spiro atoms. The third-order valence-corrected chi connectivity index (χ3v) is 6.27. The van der Waals surface area contributed by atoms with Crippen molar-refractivity contribution >= 4 is 70.0 Å². The highest BCUT2D eigenvalue weighted by molar-refractivity contribution is 6.36. The number of nitrogens with zero attached hydrogens (tertiary/aromatic N) is 2. The Morgan fingerprint density at radius 1 is 0.946 bits per heavy atom. The highest BCUT2D eigenvalue weighted by atomic mass is 35.5. The minimum Gasteiger partial charge on any atom is -0.477 e. The number of anilines is 1. The van der Waals surface area contributed by atoms with E-state index in [4.69, 9.17) is 60.6 Å². The van der Waals surface area contributed by atoms with Crippen LogP contribution in [0.2, 0.25) is 20.1 Å². The molecule has 37 heavy (non-hydrogen) atoms. The number of rotatable bonds is 9. The van der Waals surface area contributed by atoms with E-state index in [1.807, 2.05) is 0 Å². The fourth-order valence-corrected chi connectivity index (χ4v) is 4.59. The molecular formula is C24H22Cl4N2O7. The second-order valence-corrected chi connectivity index (χ2v) is 9.44. The smallest absolute Gasteiger partial charge is 0.368 e. The lowest BCUT2D eigenvalue weighted by molar-refractivity contribution is -0.158. The molecule has 0 bridgehead atoms. The first kappa shape index (κ1) is 28.7. The van der Waals surface area contributed by atoms with Crippen molar-refractivity contribution in [2.24, 2.45) is 0 Å². The van der Waals surface area contributed by atoms with Crippen molar-refractivity contribution in [3.63, 3.8) is 0 Å². The van der Waals surface area contributed by atoms with Gasteiger partial charge >= 0.3 is 17.9 Å². The van der Waals surface area contributed by atoms with Gasteiger partial charge in [-0.3, -0.25) is 5.01 Å². The molecule has 1 heterocycles. The summed E-state index contributed by atoms with van der Waals surface area (Å²) in [4.78, 5) is 38.9. The van der Waals surface area contributed by atoms with Gasteiger partial charge in [0.2, 0.25) is 0 Å². The summed E-state index contributed by atoms with van der Waals surface area (Å²) in [7, 11) is 0. The molecular weight excluding hydrogens is 570 g/mol. The van der Waals surface area contributed by atoms with Gasteiger partial charge in [-0.2, -0.15) is 0 Å². The zero-order valence-electron chi connectivity index (χ0n) is 19.8. The first-order valence-corrected chi connectivity index (χ1v) is 12.4. The molecule has 3 rings (SSSR count). The van der Waals surface area contributed by atoms with Crippen LogP contribution in [-0.4, -0.2) is 53.0 Å². The van der Waals surface area contributed by atoms with Gasteiger partial charge in [-0.05, 0) is 63.2 Å². The summed E-state index contributed by atoms with van der Waals surface area (Å²) in [6.07, 6.45) is -0.700. The van der Waals surface area contributed by atoms with Gasteiger partial charge in [-0.15, -0.1) is 0 Å². The summed E-state index contributed by atoms with van der Waals surface area (Å²) in [5, 5.41) is 13.1. The molecule has 0 aromatic heterocycles. The zero-order valence-corrected chi connectivity index (χ0v) is 22.9. The van der Waals surface area contributed by atoms with Crippen molar-refractivity contribution in [1.29, 1.82) is 0 Å². The molecule has 13 heteroatoms. The van der Waals surface area contributed by atoms with Gasteiger partial charge in [0.1, 0.15) is 11.4 Å². The maximum absolute atomic E-state index is 13.3. The van der Waals surface area contributed by atoms with Crippen LogP contribution in [0.15, 0.2) is 48.2 Å². The van der Waals surface area contributed by atoms with Gasteiger partial charge in [0.05, 0.1) is 28.9 Å². The first-order chi connectivity index (χ1) is 17.4. The van der Waals surface area contributed by atoms with E-state index in [-0.39, 0.29) is 45.4 Å². The Labute approximate surface area is 232 Å². The molecule has 198 valence electrons. The van der Waals surface area contributed by atoms with Crippen LogP contribution in [0.25, 0.3) is 0 Å². The van der Waals surface area contributed by atoms with Gasteiger partial charge < -0.3 is 19.3 Å². The van der Waals surface area contributed by atoms with Crippen LogP contribution in [0.3, 0.4) is 0 Å². The number of hydrazine groups is 1. The normalized spacial score (nSPS) is 17.8. The number of carboxylic acid groups (broad SMARTS) is 1. The fraction of sp³-hybridized carbons (Fsp3) is 0.292. The van der Waals surface area contributed by atoms with Crippen molar-refractivity contribution in [3.05, 3.63) is 68.3 Å². The van der Waals surface area contributed by atoms with Gasteiger partial charge in [-0.25, -0.2) is 19.4 Å². The number of hydrogen-bond acceptors (Lipinski definition) is 8. The number of benzene rings is 2. The molecule has 2 unspecified atom stereocenters. The van der Waals surface area contributed by atoms with E-state index >= 15 is 0 Å². The predicted molar refractivity (Wildman–Crippen MR) is 139 cm³/mol. The van der Waals surface area contributed by atoms with E-state index in [9.17, 15) is 19.5 Å². The van der Waals surface area contributed by atoms with Gasteiger partial charge in [0, 0.05) is 10.0 Å². The van der Waals surface area contributed by atoms with Crippen LogP contribution in [-0.2, 0) is 23.9 Å².